The standard InChI is InChI=1S/C11H18F2N2O4/c12-9(13)7-19-6-4-14-11(18)15-5-2-1-3-8(15)10(16)17/h8-9H,1-7H2,(H,14,18)(H,16,17). The Balaban J connectivity index is 2.29. The van der Waals surface area contributed by atoms with Crippen molar-refractivity contribution in [2.45, 2.75) is 31.7 Å². The highest BCUT2D eigenvalue weighted by atomic mass is 19.3. The van der Waals surface area contributed by atoms with Crippen LogP contribution in [0.5, 0.6) is 0 Å². The van der Waals surface area contributed by atoms with E-state index in [1.165, 1.54) is 4.90 Å². The average molecular weight is 280 g/mol. The Morgan fingerprint density at radius 1 is 1.42 bits per heavy atom. The number of piperidine rings is 1. The molecule has 110 valence electrons. The van der Waals surface area contributed by atoms with E-state index in [1.807, 2.05) is 0 Å². The first-order valence-electron chi connectivity index (χ1n) is 6.15. The van der Waals surface area contributed by atoms with Crippen LogP contribution in [0.2, 0.25) is 0 Å². The first kappa shape index (κ1) is 15.6. The second-order valence-electron chi connectivity index (χ2n) is 4.24. The van der Waals surface area contributed by atoms with Crippen LogP contribution in [0.3, 0.4) is 0 Å². The number of aliphatic carboxylic acids is 1. The number of hydrogen-bond acceptors (Lipinski definition) is 3. The van der Waals surface area contributed by atoms with Crippen LogP contribution in [0.1, 0.15) is 19.3 Å². The van der Waals surface area contributed by atoms with Gasteiger partial charge in [-0.25, -0.2) is 18.4 Å². The van der Waals surface area contributed by atoms with Crippen molar-refractivity contribution < 1.29 is 28.2 Å². The molecule has 0 aromatic heterocycles. The molecule has 1 unspecified atom stereocenters. The minimum absolute atomic E-state index is 0.0261. The number of likely N-dealkylation sites (tertiary alicyclic amines) is 1. The Labute approximate surface area is 109 Å². The fourth-order valence-electron chi connectivity index (χ4n) is 1.94. The summed E-state index contributed by atoms with van der Waals surface area (Å²) in [5.41, 5.74) is 0. The van der Waals surface area contributed by atoms with Crippen LogP contribution in [0, 0.1) is 0 Å². The summed E-state index contributed by atoms with van der Waals surface area (Å²) >= 11 is 0. The highest BCUT2D eigenvalue weighted by Gasteiger charge is 2.31. The molecule has 0 spiro atoms. The van der Waals surface area contributed by atoms with Gasteiger partial charge in [0, 0.05) is 13.1 Å². The molecule has 0 aromatic carbocycles. The van der Waals surface area contributed by atoms with Crippen LogP contribution in [-0.4, -0.2) is 60.8 Å². The monoisotopic (exact) mass is 280 g/mol. The molecule has 0 saturated carbocycles. The number of halogens is 2. The average Bonchev–Trinajstić information content (AvgIpc) is 2.37. The molecule has 1 aliphatic heterocycles. The summed E-state index contributed by atoms with van der Waals surface area (Å²) in [6.45, 7) is -0.228. The summed E-state index contributed by atoms with van der Waals surface area (Å²) < 4.78 is 28.1. The Bertz CT molecular complexity index is 315. The van der Waals surface area contributed by atoms with Gasteiger partial charge in [-0.05, 0) is 19.3 Å². The van der Waals surface area contributed by atoms with Gasteiger partial charge in [0.1, 0.15) is 12.6 Å². The Kier molecular flexibility index (Phi) is 6.48. The van der Waals surface area contributed by atoms with E-state index in [2.05, 4.69) is 10.1 Å². The summed E-state index contributed by atoms with van der Waals surface area (Å²) in [4.78, 5) is 24.0. The molecule has 2 N–H and O–H groups in total. The molecule has 1 heterocycles. The zero-order valence-electron chi connectivity index (χ0n) is 10.5. The molecule has 1 rings (SSSR count). The van der Waals surface area contributed by atoms with Crippen LogP contribution in [0.25, 0.3) is 0 Å². The molecule has 19 heavy (non-hydrogen) atoms. The normalized spacial score (nSPS) is 19.5. The fraction of sp³-hybridized carbons (Fsp3) is 0.818. The lowest BCUT2D eigenvalue weighted by Crippen LogP contribution is -2.52. The SMILES string of the molecule is O=C(O)C1CCCCN1C(=O)NCCOCC(F)F. The number of nitrogens with zero attached hydrogens (tertiary/aromatic N) is 1. The minimum atomic E-state index is -2.53. The van der Waals surface area contributed by atoms with E-state index in [9.17, 15) is 18.4 Å². The molecule has 8 heteroatoms. The molecule has 0 radical (unpaired) electrons. The third-order valence-electron chi connectivity index (χ3n) is 2.82. The van der Waals surface area contributed by atoms with E-state index in [1.54, 1.807) is 0 Å². The largest absolute Gasteiger partial charge is 0.480 e. The molecular formula is C11H18F2N2O4. The summed E-state index contributed by atoms with van der Waals surface area (Å²) in [7, 11) is 0. The third-order valence-corrected chi connectivity index (χ3v) is 2.82. The number of alkyl halides is 2. The van der Waals surface area contributed by atoms with Gasteiger partial charge in [-0.2, -0.15) is 0 Å². The number of carbonyl (C=O) groups excluding carboxylic acids is 1. The maximum atomic E-state index is 11.8. The van der Waals surface area contributed by atoms with Gasteiger partial charge >= 0.3 is 12.0 Å². The molecule has 0 aromatic rings. The molecule has 1 aliphatic rings. The zero-order valence-corrected chi connectivity index (χ0v) is 10.5. The molecule has 0 bridgehead atoms. The second-order valence-corrected chi connectivity index (χ2v) is 4.24. The topological polar surface area (TPSA) is 78.9 Å². The lowest BCUT2D eigenvalue weighted by molar-refractivity contribution is -0.143. The van der Waals surface area contributed by atoms with E-state index in [0.717, 1.165) is 12.8 Å². The van der Waals surface area contributed by atoms with Crippen molar-refractivity contribution in [1.82, 2.24) is 10.2 Å². The zero-order chi connectivity index (χ0) is 14.3. The number of hydrogen-bond donors (Lipinski definition) is 2. The minimum Gasteiger partial charge on any atom is -0.480 e. The Morgan fingerprint density at radius 3 is 2.79 bits per heavy atom. The number of rotatable bonds is 6. The van der Waals surface area contributed by atoms with Crippen molar-refractivity contribution in [2.75, 3.05) is 26.3 Å². The molecular weight excluding hydrogens is 262 g/mol. The van der Waals surface area contributed by atoms with Gasteiger partial charge < -0.3 is 20.1 Å². The molecule has 1 fully saturated rings. The van der Waals surface area contributed by atoms with Crippen molar-refractivity contribution in [3.05, 3.63) is 0 Å². The molecule has 0 aliphatic carbocycles. The highest BCUT2D eigenvalue weighted by Crippen LogP contribution is 2.17. The first-order valence-corrected chi connectivity index (χ1v) is 6.15. The van der Waals surface area contributed by atoms with E-state index in [4.69, 9.17) is 5.11 Å². The lowest BCUT2D eigenvalue weighted by Gasteiger charge is -2.32. The van der Waals surface area contributed by atoms with E-state index < -0.39 is 31.1 Å². The highest BCUT2D eigenvalue weighted by molar-refractivity contribution is 5.82. The smallest absolute Gasteiger partial charge is 0.326 e. The van der Waals surface area contributed by atoms with Gasteiger partial charge in [-0.3, -0.25) is 0 Å². The molecule has 1 atom stereocenters. The van der Waals surface area contributed by atoms with Gasteiger partial charge in [0.2, 0.25) is 0 Å². The van der Waals surface area contributed by atoms with Crippen LogP contribution in [0.4, 0.5) is 13.6 Å². The molecule has 1 saturated heterocycles. The van der Waals surface area contributed by atoms with Crippen molar-refractivity contribution in [2.24, 2.45) is 0 Å². The fourth-order valence-corrected chi connectivity index (χ4v) is 1.94. The van der Waals surface area contributed by atoms with E-state index in [0.29, 0.717) is 13.0 Å². The van der Waals surface area contributed by atoms with Crippen molar-refractivity contribution in [1.29, 1.82) is 0 Å². The van der Waals surface area contributed by atoms with Crippen molar-refractivity contribution >= 4 is 12.0 Å². The number of urea groups is 1. The summed E-state index contributed by atoms with van der Waals surface area (Å²) in [6, 6.07) is -1.30. The van der Waals surface area contributed by atoms with Gasteiger partial charge in [-0.15, -0.1) is 0 Å². The first-order chi connectivity index (χ1) is 9.02. The molecule has 2 amide bonds. The van der Waals surface area contributed by atoms with Crippen LogP contribution in [-0.2, 0) is 9.53 Å². The van der Waals surface area contributed by atoms with Crippen molar-refractivity contribution in [3.63, 3.8) is 0 Å². The van der Waals surface area contributed by atoms with E-state index in [-0.39, 0.29) is 13.2 Å². The number of carboxylic acid groups (broad SMARTS) is 1. The van der Waals surface area contributed by atoms with Crippen LogP contribution < -0.4 is 5.32 Å². The predicted octanol–water partition coefficient (Wildman–Crippen LogP) is 0.917. The Morgan fingerprint density at radius 2 is 2.16 bits per heavy atom. The van der Waals surface area contributed by atoms with E-state index >= 15 is 0 Å². The number of ether oxygens (including phenoxy) is 1. The maximum absolute atomic E-state index is 11.8. The molecule has 6 nitrogen and oxygen atoms in total. The third kappa shape index (κ3) is 5.37. The van der Waals surface area contributed by atoms with Gasteiger partial charge in [0.05, 0.1) is 6.61 Å². The summed E-state index contributed by atoms with van der Waals surface area (Å²) in [6.07, 6.45) is -0.559. The van der Waals surface area contributed by atoms with Gasteiger partial charge in [-0.1, -0.05) is 0 Å². The number of amides is 2. The maximum Gasteiger partial charge on any atom is 0.326 e. The Hall–Kier alpha value is -1.44. The second kappa shape index (κ2) is 7.88. The van der Waals surface area contributed by atoms with Gasteiger partial charge in [0.25, 0.3) is 6.43 Å². The number of nitrogens with one attached hydrogen (secondary N) is 1. The van der Waals surface area contributed by atoms with Gasteiger partial charge in [0.15, 0.2) is 0 Å². The predicted molar refractivity (Wildman–Crippen MR) is 62.2 cm³/mol. The quantitative estimate of drug-likeness (QED) is 0.709. The van der Waals surface area contributed by atoms with Crippen LogP contribution in [0.15, 0.2) is 0 Å². The number of carbonyl (C=O) groups is 2. The summed E-state index contributed by atoms with van der Waals surface area (Å²) in [5, 5.41) is 11.5. The van der Waals surface area contributed by atoms with Crippen LogP contribution >= 0.6 is 0 Å². The lowest BCUT2D eigenvalue weighted by atomic mass is 10.0. The number of carboxylic acids is 1. The summed E-state index contributed by atoms with van der Waals surface area (Å²) in [5.74, 6) is -1.02. The van der Waals surface area contributed by atoms with Crippen molar-refractivity contribution in [3.8, 4) is 0 Å².